The Balaban J connectivity index is 2.09. The highest BCUT2D eigenvalue weighted by atomic mass is 16.6. The van der Waals surface area contributed by atoms with Crippen molar-refractivity contribution < 1.29 is 23.8 Å². The molecule has 2 aliphatic heterocycles. The molecule has 0 amide bonds. The molecule has 0 aliphatic carbocycles. The summed E-state index contributed by atoms with van der Waals surface area (Å²) in [7, 11) is 1.27. The van der Waals surface area contributed by atoms with Gasteiger partial charge in [-0.25, -0.2) is 9.59 Å². The number of fused-ring (bicyclic) bond motifs is 3. The number of ether oxygens (including phenoxy) is 3. The number of methoxy groups -OCH3 is 1. The maximum absolute atomic E-state index is 12.5. The third kappa shape index (κ3) is 2.49. The molecule has 6 heteroatoms. The van der Waals surface area contributed by atoms with Gasteiger partial charge in [-0.3, -0.25) is 0 Å². The van der Waals surface area contributed by atoms with Gasteiger partial charge in [-0.2, -0.15) is 0 Å². The molecule has 6 nitrogen and oxygen atoms in total. The van der Waals surface area contributed by atoms with E-state index < -0.39 is 23.8 Å². The summed E-state index contributed by atoms with van der Waals surface area (Å²) in [5.74, 6) is -1.25. The molecular formula is C18H19NO5. The van der Waals surface area contributed by atoms with Gasteiger partial charge in [0.15, 0.2) is 11.8 Å². The smallest absolute Gasteiger partial charge is 0.343 e. The maximum atomic E-state index is 12.5. The fraction of sp³-hybridized carbons (Fsp3) is 0.333. The number of rotatable bonds is 3. The van der Waals surface area contributed by atoms with Gasteiger partial charge in [0.05, 0.1) is 19.3 Å². The first-order valence-corrected chi connectivity index (χ1v) is 7.71. The van der Waals surface area contributed by atoms with E-state index in [4.69, 9.17) is 14.2 Å². The van der Waals surface area contributed by atoms with Crippen LogP contribution in [0.5, 0.6) is 0 Å². The molecule has 2 atom stereocenters. The first-order chi connectivity index (χ1) is 11.5. The normalized spacial score (nSPS) is 24.5. The summed E-state index contributed by atoms with van der Waals surface area (Å²) >= 11 is 0. The van der Waals surface area contributed by atoms with Gasteiger partial charge in [0.2, 0.25) is 0 Å². The van der Waals surface area contributed by atoms with Crippen LogP contribution in [0, 0.1) is 0 Å². The summed E-state index contributed by atoms with van der Waals surface area (Å²) < 4.78 is 16.0. The molecule has 0 spiro atoms. The number of hydrogen-bond acceptors (Lipinski definition) is 6. The summed E-state index contributed by atoms with van der Waals surface area (Å²) in [6.07, 6.45) is 4.80. The molecule has 0 fully saturated rings. The van der Waals surface area contributed by atoms with Gasteiger partial charge in [0, 0.05) is 18.0 Å². The molecular weight excluding hydrogens is 310 g/mol. The Morgan fingerprint density at radius 2 is 2.08 bits per heavy atom. The standard InChI is InChI=1S/C18H19NO5/c1-4-23-17(21)18(2)14(16(20)22-3)11-19-10-9-12-7-5-6-8-13(12)15(19)24-18/h5-11,15H,4H2,1-3H3. The lowest BCUT2D eigenvalue weighted by molar-refractivity contribution is -0.187. The van der Waals surface area contributed by atoms with Crippen LogP contribution in [0.25, 0.3) is 6.08 Å². The van der Waals surface area contributed by atoms with E-state index in [0.717, 1.165) is 11.1 Å². The molecule has 1 aromatic carbocycles. The number of nitrogens with zero attached hydrogens (tertiary/aromatic N) is 1. The molecule has 2 unspecified atom stereocenters. The van der Waals surface area contributed by atoms with Crippen LogP contribution >= 0.6 is 0 Å². The molecule has 3 rings (SSSR count). The molecule has 0 saturated heterocycles. The van der Waals surface area contributed by atoms with E-state index in [9.17, 15) is 9.59 Å². The van der Waals surface area contributed by atoms with Crippen molar-refractivity contribution in [1.29, 1.82) is 0 Å². The Labute approximate surface area is 140 Å². The van der Waals surface area contributed by atoms with Crippen LogP contribution in [0.3, 0.4) is 0 Å². The Morgan fingerprint density at radius 3 is 2.79 bits per heavy atom. The van der Waals surface area contributed by atoms with Crippen molar-refractivity contribution in [2.75, 3.05) is 13.7 Å². The predicted octanol–water partition coefficient (Wildman–Crippen LogP) is 2.38. The third-order valence-corrected chi connectivity index (χ3v) is 4.17. The second-order valence-electron chi connectivity index (χ2n) is 5.65. The van der Waals surface area contributed by atoms with Crippen molar-refractivity contribution in [2.45, 2.75) is 25.7 Å². The fourth-order valence-corrected chi connectivity index (χ4v) is 2.87. The highest BCUT2D eigenvalue weighted by molar-refractivity contribution is 6.00. The molecule has 0 saturated carbocycles. The summed E-state index contributed by atoms with van der Waals surface area (Å²) in [4.78, 5) is 26.4. The van der Waals surface area contributed by atoms with Crippen LogP contribution in [-0.2, 0) is 23.8 Å². The average molecular weight is 329 g/mol. The average Bonchev–Trinajstić information content (AvgIpc) is 2.60. The van der Waals surface area contributed by atoms with Crippen LogP contribution in [0.15, 0.2) is 42.2 Å². The summed E-state index contributed by atoms with van der Waals surface area (Å²) in [6.45, 7) is 3.43. The van der Waals surface area contributed by atoms with E-state index in [1.54, 1.807) is 24.2 Å². The number of benzene rings is 1. The quantitative estimate of drug-likeness (QED) is 0.793. The topological polar surface area (TPSA) is 65.1 Å². The fourth-order valence-electron chi connectivity index (χ4n) is 2.87. The maximum Gasteiger partial charge on any atom is 0.343 e. The number of esters is 2. The molecule has 2 aliphatic rings. The molecule has 0 N–H and O–H groups in total. The Morgan fingerprint density at radius 1 is 1.33 bits per heavy atom. The summed E-state index contributed by atoms with van der Waals surface area (Å²) in [6, 6.07) is 7.73. The zero-order valence-corrected chi connectivity index (χ0v) is 13.8. The second kappa shape index (κ2) is 6.13. The van der Waals surface area contributed by atoms with Crippen LogP contribution in [-0.4, -0.2) is 36.2 Å². The molecule has 0 aromatic heterocycles. The lowest BCUT2D eigenvalue weighted by Gasteiger charge is -2.43. The van der Waals surface area contributed by atoms with Crippen molar-refractivity contribution in [2.24, 2.45) is 0 Å². The van der Waals surface area contributed by atoms with Crippen molar-refractivity contribution in [1.82, 2.24) is 4.90 Å². The minimum Gasteiger partial charge on any atom is -0.466 e. The molecule has 0 bridgehead atoms. The van der Waals surface area contributed by atoms with Crippen LogP contribution < -0.4 is 0 Å². The Hall–Kier alpha value is -2.60. The predicted molar refractivity (Wildman–Crippen MR) is 86.3 cm³/mol. The SMILES string of the molecule is CCOC(=O)C1(C)OC2c3ccccc3C=CN2C=C1C(=O)OC. The lowest BCUT2D eigenvalue weighted by atomic mass is 9.92. The van der Waals surface area contributed by atoms with E-state index in [-0.39, 0.29) is 12.2 Å². The summed E-state index contributed by atoms with van der Waals surface area (Å²) in [5, 5.41) is 0. The first kappa shape index (κ1) is 16.3. The highest BCUT2D eigenvalue weighted by Gasteiger charge is 2.50. The van der Waals surface area contributed by atoms with Gasteiger partial charge < -0.3 is 19.1 Å². The Kier molecular flexibility index (Phi) is 4.15. The highest BCUT2D eigenvalue weighted by Crippen LogP contribution is 2.42. The van der Waals surface area contributed by atoms with E-state index in [2.05, 4.69) is 0 Å². The van der Waals surface area contributed by atoms with Crippen molar-refractivity contribution in [3.63, 3.8) is 0 Å². The third-order valence-electron chi connectivity index (χ3n) is 4.17. The number of carbonyl (C=O) groups excluding carboxylic acids is 2. The zero-order valence-electron chi connectivity index (χ0n) is 13.8. The van der Waals surface area contributed by atoms with E-state index >= 15 is 0 Å². The molecule has 2 heterocycles. The molecule has 1 aromatic rings. The van der Waals surface area contributed by atoms with Gasteiger partial charge in [0.25, 0.3) is 0 Å². The zero-order chi connectivity index (χ0) is 17.3. The number of hydrogen-bond donors (Lipinski definition) is 0. The largest absolute Gasteiger partial charge is 0.466 e. The second-order valence-corrected chi connectivity index (χ2v) is 5.65. The monoisotopic (exact) mass is 329 g/mol. The lowest BCUT2D eigenvalue weighted by Crippen LogP contribution is -2.51. The first-order valence-electron chi connectivity index (χ1n) is 7.71. The number of carbonyl (C=O) groups is 2. The van der Waals surface area contributed by atoms with Gasteiger partial charge in [-0.1, -0.05) is 24.3 Å². The summed E-state index contributed by atoms with van der Waals surface area (Å²) in [5.41, 5.74) is 0.474. The van der Waals surface area contributed by atoms with Crippen LogP contribution in [0.4, 0.5) is 0 Å². The van der Waals surface area contributed by atoms with Crippen LogP contribution in [0.1, 0.15) is 31.2 Å². The minimum atomic E-state index is -1.54. The minimum absolute atomic E-state index is 0.101. The van der Waals surface area contributed by atoms with Crippen molar-refractivity contribution in [3.8, 4) is 0 Å². The molecule has 24 heavy (non-hydrogen) atoms. The van der Waals surface area contributed by atoms with E-state index in [1.165, 1.54) is 14.0 Å². The molecule has 126 valence electrons. The van der Waals surface area contributed by atoms with E-state index in [0.29, 0.717) is 0 Å². The van der Waals surface area contributed by atoms with Crippen LogP contribution in [0.2, 0.25) is 0 Å². The van der Waals surface area contributed by atoms with Gasteiger partial charge in [-0.15, -0.1) is 0 Å². The molecule has 0 radical (unpaired) electrons. The van der Waals surface area contributed by atoms with Crippen molar-refractivity contribution >= 4 is 18.0 Å². The van der Waals surface area contributed by atoms with Gasteiger partial charge >= 0.3 is 11.9 Å². The van der Waals surface area contributed by atoms with Crippen molar-refractivity contribution in [3.05, 3.63) is 53.4 Å². The Bertz CT molecular complexity index is 739. The van der Waals surface area contributed by atoms with E-state index in [1.807, 2.05) is 30.3 Å². The van der Waals surface area contributed by atoms with Gasteiger partial charge in [-0.05, 0) is 25.5 Å². The van der Waals surface area contributed by atoms with Gasteiger partial charge in [0.1, 0.15) is 0 Å².